The Morgan fingerprint density at radius 2 is 2.33 bits per heavy atom. The Balaban J connectivity index is 2.04. The van der Waals surface area contributed by atoms with Gasteiger partial charge in [0, 0.05) is 12.6 Å². The van der Waals surface area contributed by atoms with Gasteiger partial charge in [-0.05, 0) is 12.1 Å². The van der Waals surface area contributed by atoms with Crippen LogP contribution in [-0.4, -0.2) is 40.9 Å². The summed E-state index contributed by atoms with van der Waals surface area (Å²) in [5.74, 6) is -0.0127. The SMILES string of the molecule is O=C1c2ccc(O)cc2OCN1CCO[N+](=O)[O-]. The number of fused-ring (bicyclic) bond motifs is 1. The average molecular weight is 254 g/mol. The second-order valence-electron chi connectivity index (χ2n) is 3.58. The van der Waals surface area contributed by atoms with E-state index in [0.717, 1.165) is 0 Å². The van der Waals surface area contributed by atoms with Crippen molar-refractivity contribution in [2.45, 2.75) is 0 Å². The number of amides is 1. The van der Waals surface area contributed by atoms with Gasteiger partial charge in [-0.1, -0.05) is 0 Å². The molecule has 0 radical (unpaired) electrons. The van der Waals surface area contributed by atoms with Gasteiger partial charge >= 0.3 is 0 Å². The number of nitrogens with zero attached hydrogens (tertiary/aromatic N) is 2. The molecule has 0 aliphatic carbocycles. The Kier molecular flexibility index (Phi) is 3.18. The van der Waals surface area contributed by atoms with Gasteiger partial charge in [-0.3, -0.25) is 4.79 Å². The van der Waals surface area contributed by atoms with Crippen LogP contribution in [-0.2, 0) is 4.84 Å². The van der Waals surface area contributed by atoms with Crippen LogP contribution in [0.2, 0.25) is 0 Å². The summed E-state index contributed by atoms with van der Waals surface area (Å²) in [5, 5.41) is 18.3. The standard InChI is InChI=1S/C10H10N2O6/c13-7-1-2-8-9(5-7)17-6-11(10(8)14)3-4-18-12(15)16/h1-2,5,13H,3-4,6H2. The van der Waals surface area contributed by atoms with Crippen molar-refractivity contribution in [3.8, 4) is 11.5 Å². The van der Waals surface area contributed by atoms with Crippen LogP contribution >= 0.6 is 0 Å². The molecule has 1 aromatic rings. The first-order chi connectivity index (χ1) is 8.58. The van der Waals surface area contributed by atoms with E-state index in [1.54, 1.807) is 0 Å². The topological polar surface area (TPSA) is 102 Å². The third-order valence-electron chi connectivity index (χ3n) is 2.42. The van der Waals surface area contributed by atoms with Crippen molar-refractivity contribution in [3.05, 3.63) is 33.9 Å². The Labute approximate surface area is 101 Å². The van der Waals surface area contributed by atoms with Crippen molar-refractivity contribution >= 4 is 5.91 Å². The number of phenols is 1. The average Bonchev–Trinajstić information content (AvgIpc) is 2.31. The molecular weight excluding hydrogens is 244 g/mol. The van der Waals surface area contributed by atoms with E-state index < -0.39 is 5.09 Å². The van der Waals surface area contributed by atoms with E-state index in [1.807, 2.05) is 0 Å². The monoisotopic (exact) mass is 254 g/mol. The van der Waals surface area contributed by atoms with Crippen LogP contribution in [0.1, 0.15) is 10.4 Å². The molecule has 1 aromatic carbocycles. The maximum absolute atomic E-state index is 11.9. The zero-order valence-electron chi connectivity index (χ0n) is 9.24. The Bertz CT molecular complexity index is 489. The van der Waals surface area contributed by atoms with Crippen LogP contribution in [0.15, 0.2) is 18.2 Å². The molecule has 0 saturated carbocycles. The highest BCUT2D eigenvalue weighted by atomic mass is 16.9. The highest BCUT2D eigenvalue weighted by Gasteiger charge is 2.25. The van der Waals surface area contributed by atoms with E-state index in [2.05, 4.69) is 4.84 Å². The van der Waals surface area contributed by atoms with Gasteiger partial charge in [-0.15, -0.1) is 10.1 Å². The molecule has 8 nitrogen and oxygen atoms in total. The van der Waals surface area contributed by atoms with Crippen molar-refractivity contribution in [3.63, 3.8) is 0 Å². The van der Waals surface area contributed by atoms with Crippen molar-refractivity contribution in [2.75, 3.05) is 19.9 Å². The van der Waals surface area contributed by atoms with Gasteiger partial charge in [0.25, 0.3) is 11.0 Å². The first kappa shape index (κ1) is 12.0. The lowest BCUT2D eigenvalue weighted by molar-refractivity contribution is -0.757. The Morgan fingerprint density at radius 1 is 1.56 bits per heavy atom. The van der Waals surface area contributed by atoms with Crippen LogP contribution < -0.4 is 4.74 Å². The molecular formula is C10H10N2O6. The van der Waals surface area contributed by atoms with Crippen LogP contribution in [0.5, 0.6) is 11.5 Å². The van der Waals surface area contributed by atoms with Gasteiger partial charge in [-0.2, -0.15) is 0 Å². The molecule has 96 valence electrons. The lowest BCUT2D eigenvalue weighted by Gasteiger charge is -2.28. The molecule has 0 spiro atoms. The minimum absolute atomic E-state index is 0.00619. The third kappa shape index (κ3) is 2.42. The summed E-state index contributed by atoms with van der Waals surface area (Å²) < 4.78 is 5.26. The molecule has 8 heteroatoms. The van der Waals surface area contributed by atoms with Crippen molar-refractivity contribution < 1.29 is 24.6 Å². The van der Waals surface area contributed by atoms with E-state index in [9.17, 15) is 20.0 Å². The largest absolute Gasteiger partial charge is 0.508 e. The fourth-order valence-electron chi connectivity index (χ4n) is 1.58. The number of rotatable bonds is 4. The zero-order valence-corrected chi connectivity index (χ0v) is 9.24. The first-order valence-corrected chi connectivity index (χ1v) is 5.10. The normalized spacial score (nSPS) is 13.8. The van der Waals surface area contributed by atoms with E-state index in [4.69, 9.17) is 4.74 Å². The van der Waals surface area contributed by atoms with Gasteiger partial charge in [0.05, 0.1) is 5.56 Å². The number of hydrogen-bond acceptors (Lipinski definition) is 6. The number of ether oxygens (including phenoxy) is 1. The number of phenolic OH excluding ortho intramolecular Hbond substituents is 1. The Morgan fingerprint density at radius 3 is 3.06 bits per heavy atom. The number of carbonyl (C=O) groups is 1. The summed E-state index contributed by atoms with van der Waals surface area (Å²) in [5.41, 5.74) is 0.306. The van der Waals surface area contributed by atoms with Gasteiger partial charge in [0.1, 0.15) is 18.1 Å². The number of benzene rings is 1. The summed E-state index contributed by atoms with van der Waals surface area (Å²) in [6.07, 6.45) is 0. The summed E-state index contributed by atoms with van der Waals surface area (Å²) in [6.45, 7) is -0.188. The molecule has 0 saturated heterocycles. The summed E-state index contributed by atoms with van der Waals surface area (Å²) in [4.78, 5) is 27.3. The smallest absolute Gasteiger partial charge is 0.294 e. The molecule has 0 fully saturated rings. The van der Waals surface area contributed by atoms with Gasteiger partial charge in [0.2, 0.25) is 0 Å². The summed E-state index contributed by atoms with van der Waals surface area (Å²) >= 11 is 0. The Hall–Kier alpha value is -2.51. The third-order valence-corrected chi connectivity index (χ3v) is 2.42. The molecule has 0 atom stereocenters. The molecule has 1 aliphatic heterocycles. The van der Waals surface area contributed by atoms with Crippen molar-refractivity contribution in [2.24, 2.45) is 0 Å². The quantitative estimate of drug-likeness (QED) is 0.616. The van der Waals surface area contributed by atoms with Crippen LogP contribution in [0, 0.1) is 10.1 Å². The minimum Gasteiger partial charge on any atom is -0.508 e. The lowest BCUT2D eigenvalue weighted by Crippen LogP contribution is -2.40. The number of carbonyl (C=O) groups excluding carboxylic acids is 1. The van der Waals surface area contributed by atoms with Gasteiger partial charge in [-0.25, -0.2) is 0 Å². The zero-order chi connectivity index (χ0) is 13.1. The highest BCUT2D eigenvalue weighted by molar-refractivity contribution is 5.97. The predicted molar refractivity (Wildman–Crippen MR) is 57.6 cm³/mol. The van der Waals surface area contributed by atoms with Crippen LogP contribution in [0.25, 0.3) is 0 Å². The van der Waals surface area contributed by atoms with E-state index in [1.165, 1.54) is 23.1 Å². The van der Waals surface area contributed by atoms with E-state index in [-0.39, 0.29) is 31.5 Å². The maximum atomic E-state index is 11.9. The summed E-state index contributed by atoms with van der Waals surface area (Å²) in [7, 11) is 0. The summed E-state index contributed by atoms with van der Waals surface area (Å²) in [6, 6.07) is 4.16. The lowest BCUT2D eigenvalue weighted by atomic mass is 10.1. The number of hydrogen-bond donors (Lipinski definition) is 1. The molecule has 0 unspecified atom stereocenters. The maximum Gasteiger partial charge on any atom is 0.294 e. The van der Waals surface area contributed by atoms with Gasteiger partial charge in [0.15, 0.2) is 6.73 Å². The molecule has 1 heterocycles. The van der Waals surface area contributed by atoms with Crippen LogP contribution in [0.3, 0.4) is 0 Å². The molecule has 0 aromatic heterocycles. The van der Waals surface area contributed by atoms with E-state index >= 15 is 0 Å². The molecule has 1 N–H and O–H groups in total. The highest BCUT2D eigenvalue weighted by Crippen LogP contribution is 2.28. The minimum atomic E-state index is -0.915. The van der Waals surface area contributed by atoms with Gasteiger partial charge < -0.3 is 19.6 Å². The fourth-order valence-corrected chi connectivity index (χ4v) is 1.58. The van der Waals surface area contributed by atoms with Crippen LogP contribution in [0.4, 0.5) is 0 Å². The fraction of sp³-hybridized carbons (Fsp3) is 0.300. The molecule has 18 heavy (non-hydrogen) atoms. The molecule has 1 aliphatic rings. The number of aromatic hydroxyl groups is 1. The first-order valence-electron chi connectivity index (χ1n) is 5.10. The second kappa shape index (κ2) is 4.78. The molecule has 1 amide bonds. The van der Waals surface area contributed by atoms with Crippen molar-refractivity contribution in [1.29, 1.82) is 0 Å². The predicted octanol–water partition coefficient (Wildman–Crippen LogP) is 0.393. The van der Waals surface area contributed by atoms with E-state index in [0.29, 0.717) is 11.3 Å². The molecule has 2 rings (SSSR count). The molecule has 0 bridgehead atoms. The van der Waals surface area contributed by atoms with Crippen molar-refractivity contribution in [1.82, 2.24) is 4.90 Å². The second-order valence-corrected chi connectivity index (χ2v) is 3.58.